The molecule has 0 atom stereocenters. The molecule has 3 radical (unpaired) electrons. The Hall–Kier alpha value is -0.350. The van der Waals surface area contributed by atoms with Gasteiger partial charge in [-0.1, -0.05) is 0 Å². The number of azo groups is 1. The zero-order chi connectivity index (χ0) is 24.9. The van der Waals surface area contributed by atoms with E-state index in [1.165, 1.54) is 0 Å². The third-order valence-electron chi connectivity index (χ3n) is 4.18. The molecule has 0 spiro atoms. The van der Waals surface area contributed by atoms with Crippen LogP contribution in [0.2, 0.25) is 0 Å². The van der Waals surface area contributed by atoms with Crippen molar-refractivity contribution < 1.29 is 54.2 Å². The van der Waals surface area contributed by atoms with Gasteiger partial charge < -0.3 is 15.3 Å². The number of hydrogen-bond acceptors (Lipinski definition) is 11. The fraction of sp³-hybridized carbons (Fsp3) is 0. The van der Waals surface area contributed by atoms with Crippen molar-refractivity contribution >= 4 is 141 Å². The molecule has 0 aliphatic heterocycles. The zero-order valence-electron chi connectivity index (χ0n) is 18.7. The van der Waals surface area contributed by atoms with Gasteiger partial charge in [0, 0.05) is 94.7 Å². The van der Waals surface area contributed by atoms with E-state index in [1.54, 1.807) is 0 Å². The van der Waals surface area contributed by atoms with E-state index in [1.807, 2.05) is 0 Å². The Morgan fingerprint density at radius 2 is 1.17 bits per heavy atom. The van der Waals surface area contributed by atoms with Gasteiger partial charge in [-0.05, 0) is 35.7 Å². The maximum Gasteiger partial charge on any atom is 0.296 e. The first-order chi connectivity index (χ1) is 15.0. The molecule has 20 heteroatoms. The van der Waals surface area contributed by atoms with E-state index < -0.39 is 84.4 Å². The molecule has 0 aromatic heterocycles. The summed E-state index contributed by atoms with van der Waals surface area (Å²) in [4.78, 5) is -2.68. The predicted octanol–water partition coefficient (Wildman–Crippen LogP) is 0.970. The molecule has 0 unspecified atom stereocenters. The summed E-state index contributed by atoms with van der Waals surface area (Å²) >= 11 is 0. The molecule has 3 rings (SSSR count). The monoisotopic (exact) mass is 589 g/mol. The smallest absolute Gasteiger partial charge is 0.296 e. The molecule has 0 heterocycles. The summed E-state index contributed by atoms with van der Waals surface area (Å²) in [5.41, 5.74) is -1.58. The number of fused-ring (bicyclic) bond motifs is 1. The topological polar surface area (TPSA) is 249 Å². The summed E-state index contributed by atoms with van der Waals surface area (Å²) in [6, 6.07) is 4.17. The van der Waals surface area contributed by atoms with Crippen LogP contribution in [0.3, 0.4) is 0 Å². The van der Waals surface area contributed by atoms with E-state index in [9.17, 15) is 45.1 Å². The zero-order valence-corrected chi connectivity index (χ0v) is 27.2. The van der Waals surface area contributed by atoms with E-state index in [0.29, 0.717) is 24.3 Å². The van der Waals surface area contributed by atoms with Gasteiger partial charge in [0.25, 0.3) is 30.4 Å². The fourth-order valence-corrected chi connectivity index (χ4v) is 4.42. The maximum absolute atomic E-state index is 11.8. The predicted molar refractivity (Wildman–Crippen MR) is 126 cm³/mol. The Balaban J connectivity index is 0.00000408. The molecule has 36 heavy (non-hydrogen) atoms. The van der Waals surface area contributed by atoms with E-state index >= 15 is 0 Å². The van der Waals surface area contributed by atoms with Gasteiger partial charge in [-0.2, -0.15) is 25.3 Å². The van der Waals surface area contributed by atoms with Gasteiger partial charge in [0.2, 0.25) is 0 Å². The SMILES string of the molecule is O=S(=O)(O)c1ccc(O)c(N=Nc2c(S(=O)(=O)O)cc3cc(S(=O)(=O)O)cc(O)c3c2O)c1.[Na].[Na].[Na]. The third-order valence-corrected chi connectivity index (χ3v) is 6.73. The molecule has 0 aliphatic carbocycles. The molecule has 14 nitrogen and oxygen atoms in total. The molecule has 6 N–H and O–H groups in total. The van der Waals surface area contributed by atoms with Crippen molar-refractivity contribution in [2.45, 2.75) is 14.7 Å². The van der Waals surface area contributed by atoms with Gasteiger partial charge >= 0.3 is 0 Å². The Morgan fingerprint density at radius 1 is 0.611 bits per heavy atom. The van der Waals surface area contributed by atoms with Crippen molar-refractivity contribution in [1.82, 2.24) is 0 Å². The van der Waals surface area contributed by atoms with Crippen LogP contribution in [0.5, 0.6) is 17.2 Å². The van der Waals surface area contributed by atoms with Crippen LogP contribution in [0.15, 0.2) is 61.3 Å². The minimum absolute atomic E-state index is 0. The van der Waals surface area contributed by atoms with Crippen LogP contribution < -0.4 is 0 Å². The summed E-state index contributed by atoms with van der Waals surface area (Å²) in [5, 5.41) is 36.3. The molecule has 3 aromatic rings. The summed E-state index contributed by atoms with van der Waals surface area (Å²) in [6.07, 6.45) is 0. The van der Waals surface area contributed by atoms with Crippen LogP contribution >= 0.6 is 0 Å². The van der Waals surface area contributed by atoms with E-state index in [2.05, 4.69) is 10.2 Å². The molecule has 179 valence electrons. The van der Waals surface area contributed by atoms with Crippen molar-refractivity contribution in [1.29, 1.82) is 0 Å². The van der Waals surface area contributed by atoms with Crippen LogP contribution in [0.25, 0.3) is 10.8 Å². The van der Waals surface area contributed by atoms with E-state index in [-0.39, 0.29) is 88.7 Å². The van der Waals surface area contributed by atoms with Gasteiger partial charge in [-0.3, -0.25) is 13.7 Å². The number of aromatic hydroxyl groups is 3. The number of benzene rings is 3. The van der Waals surface area contributed by atoms with Crippen LogP contribution in [0, 0.1) is 0 Å². The minimum Gasteiger partial charge on any atom is -0.507 e. The average molecular weight is 589 g/mol. The van der Waals surface area contributed by atoms with Gasteiger partial charge in [-0.25, -0.2) is 0 Å². The van der Waals surface area contributed by atoms with Crippen LogP contribution in [0.4, 0.5) is 11.4 Å². The Morgan fingerprint density at radius 3 is 1.67 bits per heavy atom. The van der Waals surface area contributed by atoms with Crippen molar-refractivity contribution in [2.75, 3.05) is 0 Å². The summed E-state index contributed by atoms with van der Waals surface area (Å²) in [7, 11) is -14.7. The first-order valence-corrected chi connectivity index (χ1v) is 12.5. The van der Waals surface area contributed by atoms with Crippen LogP contribution in [-0.4, -0.2) is 143 Å². The largest absolute Gasteiger partial charge is 0.507 e. The van der Waals surface area contributed by atoms with E-state index in [4.69, 9.17) is 9.11 Å². The van der Waals surface area contributed by atoms with Crippen LogP contribution in [-0.2, 0) is 30.4 Å². The standard InChI is InChI=1S/C16H12N2O12S3.3Na/c19-11-2-1-8(31(22,23)24)5-10(11)17-18-15-13(33(28,29)30)4-7-3-9(32(25,26)27)6-12(20)14(7)16(15)21;;;/h1-6,19-21H,(H,22,23,24)(H,25,26,27)(H,28,29,30);;;. The Kier molecular flexibility index (Phi) is 12.5. The number of phenols is 3. The summed E-state index contributed by atoms with van der Waals surface area (Å²) in [5.74, 6) is -2.69. The van der Waals surface area contributed by atoms with Crippen LogP contribution in [0.1, 0.15) is 0 Å². The van der Waals surface area contributed by atoms with Gasteiger partial charge in [0.1, 0.15) is 27.8 Å². The van der Waals surface area contributed by atoms with E-state index in [0.717, 1.165) is 12.1 Å². The molecule has 0 fully saturated rings. The molecule has 3 aromatic carbocycles. The first-order valence-electron chi connectivity index (χ1n) is 8.20. The van der Waals surface area contributed by atoms with Crippen molar-refractivity contribution in [3.05, 3.63) is 36.4 Å². The molecule has 0 saturated heterocycles. The Labute approximate surface area is 270 Å². The number of hydrogen-bond donors (Lipinski definition) is 6. The second-order valence-corrected chi connectivity index (χ2v) is 10.6. The molecule has 0 amide bonds. The summed E-state index contributed by atoms with van der Waals surface area (Å²) in [6.45, 7) is 0. The van der Waals surface area contributed by atoms with Crippen molar-refractivity contribution in [3.63, 3.8) is 0 Å². The van der Waals surface area contributed by atoms with Gasteiger partial charge in [0.15, 0.2) is 5.75 Å². The first kappa shape index (κ1) is 35.6. The molecule has 0 saturated carbocycles. The number of rotatable bonds is 5. The third kappa shape index (κ3) is 7.84. The van der Waals surface area contributed by atoms with Gasteiger partial charge in [0.05, 0.1) is 15.2 Å². The summed E-state index contributed by atoms with van der Waals surface area (Å²) < 4.78 is 96.6. The molecular weight excluding hydrogens is 577 g/mol. The molecular formula is C16H12N2Na3O12S3. The number of nitrogens with zero attached hydrogens (tertiary/aromatic N) is 2. The second kappa shape index (κ2) is 12.7. The van der Waals surface area contributed by atoms with Gasteiger partial charge in [-0.15, -0.1) is 10.2 Å². The quantitative estimate of drug-likeness (QED) is 0.138. The fourth-order valence-electron chi connectivity index (χ4n) is 2.73. The molecule has 0 bridgehead atoms. The van der Waals surface area contributed by atoms with Crippen molar-refractivity contribution in [2.24, 2.45) is 10.2 Å². The second-order valence-electron chi connectivity index (χ2n) is 6.39. The molecule has 0 aliphatic rings. The average Bonchev–Trinajstić information content (AvgIpc) is 2.65. The van der Waals surface area contributed by atoms with Crippen molar-refractivity contribution in [3.8, 4) is 17.2 Å². The Bertz CT molecular complexity index is 1680. The minimum atomic E-state index is -5.16. The maximum atomic E-state index is 11.8. The normalized spacial score (nSPS) is 12.0. The number of phenolic OH excluding ortho intramolecular Hbond substituents is 3.